The number of aryl methyl sites for hydroxylation is 1. The third kappa shape index (κ3) is 4.45. The molecule has 1 aliphatic heterocycles. The number of rotatable bonds is 7. The topological polar surface area (TPSA) is 62.1 Å². The van der Waals surface area contributed by atoms with E-state index in [9.17, 15) is 0 Å². The Bertz CT molecular complexity index is 614. The fourth-order valence-corrected chi connectivity index (χ4v) is 3.42. The van der Waals surface area contributed by atoms with E-state index >= 15 is 0 Å². The minimum Gasteiger partial charge on any atom is -0.493 e. The van der Waals surface area contributed by atoms with Crippen LogP contribution in [0.4, 0.5) is 0 Å². The summed E-state index contributed by atoms with van der Waals surface area (Å²) in [6, 6.07) is 8.46. The minimum absolute atomic E-state index is 0.365. The molecule has 7 heteroatoms. The molecule has 124 valence electrons. The minimum atomic E-state index is 0.365. The largest absolute Gasteiger partial charge is 0.493 e. The van der Waals surface area contributed by atoms with Crippen molar-refractivity contribution >= 4 is 11.8 Å². The summed E-state index contributed by atoms with van der Waals surface area (Å²) in [5.41, 5.74) is 1.17. The van der Waals surface area contributed by atoms with E-state index in [1.165, 1.54) is 5.56 Å². The Labute approximate surface area is 140 Å². The maximum Gasteiger partial charge on any atom is 0.209 e. The van der Waals surface area contributed by atoms with Crippen LogP contribution in [0.25, 0.3) is 0 Å². The van der Waals surface area contributed by atoms with Gasteiger partial charge in [-0.2, -0.15) is 0 Å². The lowest BCUT2D eigenvalue weighted by molar-refractivity contribution is 0.0631. The first-order valence-electron chi connectivity index (χ1n) is 8.01. The van der Waals surface area contributed by atoms with Gasteiger partial charge in [-0.1, -0.05) is 30.0 Å². The van der Waals surface area contributed by atoms with Crippen molar-refractivity contribution in [3.8, 4) is 5.75 Å². The molecule has 0 saturated carbocycles. The van der Waals surface area contributed by atoms with Crippen LogP contribution in [0.1, 0.15) is 30.9 Å². The maximum absolute atomic E-state index is 5.81. The SMILES string of the molecule is Cc1ccccc1OCCCSc1nnnn1C1CCOCC1. The lowest BCUT2D eigenvalue weighted by Gasteiger charge is -2.22. The van der Waals surface area contributed by atoms with Gasteiger partial charge in [0.1, 0.15) is 5.75 Å². The standard InChI is InChI=1S/C16H22N4O2S/c1-13-5-2-3-6-15(13)22-9-4-12-23-16-17-18-19-20(16)14-7-10-21-11-8-14/h2-3,5-6,14H,4,7-12H2,1H3. The van der Waals surface area contributed by atoms with Gasteiger partial charge < -0.3 is 9.47 Å². The first kappa shape index (κ1) is 16.3. The average Bonchev–Trinajstić information content (AvgIpc) is 3.05. The number of nitrogens with zero attached hydrogens (tertiary/aromatic N) is 4. The van der Waals surface area contributed by atoms with Crippen molar-refractivity contribution in [1.29, 1.82) is 0 Å². The van der Waals surface area contributed by atoms with Crippen molar-refractivity contribution in [2.75, 3.05) is 25.6 Å². The molecule has 23 heavy (non-hydrogen) atoms. The molecule has 0 amide bonds. The molecule has 0 bridgehead atoms. The molecule has 0 radical (unpaired) electrons. The molecule has 3 rings (SSSR count). The number of hydrogen-bond donors (Lipinski definition) is 0. The van der Waals surface area contributed by atoms with Gasteiger partial charge in [0, 0.05) is 19.0 Å². The summed E-state index contributed by atoms with van der Waals surface area (Å²) in [4.78, 5) is 0. The average molecular weight is 334 g/mol. The second kappa shape index (κ2) is 8.31. The summed E-state index contributed by atoms with van der Waals surface area (Å²) in [7, 11) is 0. The van der Waals surface area contributed by atoms with Crippen molar-refractivity contribution in [2.45, 2.75) is 37.4 Å². The third-order valence-electron chi connectivity index (χ3n) is 3.87. The number of benzene rings is 1. The zero-order chi connectivity index (χ0) is 15.9. The molecule has 2 heterocycles. The summed E-state index contributed by atoms with van der Waals surface area (Å²) < 4.78 is 13.2. The molecule has 1 saturated heterocycles. The predicted molar refractivity (Wildman–Crippen MR) is 88.9 cm³/mol. The second-order valence-corrected chi connectivity index (χ2v) is 6.63. The van der Waals surface area contributed by atoms with E-state index in [0.29, 0.717) is 12.6 Å². The molecule has 0 spiro atoms. The van der Waals surface area contributed by atoms with Crippen LogP contribution in [0.2, 0.25) is 0 Å². The number of para-hydroxylation sites is 1. The molecule has 1 aliphatic rings. The lowest BCUT2D eigenvalue weighted by Crippen LogP contribution is -2.21. The van der Waals surface area contributed by atoms with Gasteiger partial charge in [0.15, 0.2) is 0 Å². The Morgan fingerprint density at radius 3 is 2.96 bits per heavy atom. The van der Waals surface area contributed by atoms with Gasteiger partial charge in [0.25, 0.3) is 0 Å². The Hall–Kier alpha value is -1.60. The second-order valence-electron chi connectivity index (χ2n) is 5.57. The Balaban J connectivity index is 1.43. The first-order valence-corrected chi connectivity index (χ1v) is 9.00. The highest BCUT2D eigenvalue weighted by Gasteiger charge is 2.20. The summed E-state index contributed by atoms with van der Waals surface area (Å²) in [5.74, 6) is 1.90. The van der Waals surface area contributed by atoms with Crippen LogP contribution in [0.3, 0.4) is 0 Å². The van der Waals surface area contributed by atoms with E-state index in [0.717, 1.165) is 49.1 Å². The number of tetrazole rings is 1. The molecule has 0 aliphatic carbocycles. The molecule has 1 aromatic heterocycles. The molecule has 0 unspecified atom stereocenters. The highest BCUT2D eigenvalue weighted by Crippen LogP contribution is 2.25. The van der Waals surface area contributed by atoms with Gasteiger partial charge in [0.05, 0.1) is 12.6 Å². The lowest BCUT2D eigenvalue weighted by atomic mass is 10.1. The monoisotopic (exact) mass is 334 g/mol. The van der Waals surface area contributed by atoms with Crippen LogP contribution in [0.5, 0.6) is 5.75 Å². The van der Waals surface area contributed by atoms with Crippen LogP contribution < -0.4 is 4.74 Å². The summed E-state index contributed by atoms with van der Waals surface area (Å²) in [6.07, 6.45) is 2.92. The first-order chi connectivity index (χ1) is 11.3. The molecule has 0 N–H and O–H groups in total. The van der Waals surface area contributed by atoms with Gasteiger partial charge in [-0.25, -0.2) is 4.68 Å². The molecule has 2 aromatic rings. The van der Waals surface area contributed by atoms with E-state index in [2.05, 4.69) is 28.5 Å². The van der Waals surface area contributed by atoms with Gasteiger partial charge in [-0.05, 0) is 48.2 Å². The predicted octanol–water partition coefficient (Wildman–Crippen LogP) is 2.89. The Morgan fingerprint density at radius 1 is 1.30 bits per heavy atom. The van der Waals surface area contributed by atoms with E-state index in [4.69, 9.17) is 9.47 Å². The number of hydrogen-bond acceptors (Lipinski definition) is 6. The molecular formula is C16H22N4O2S. The van der Waals surface area contributed by atoms with Crippen molar-refractivity contribution in [3.05, 3.63) is 29.8 Å². The van der Waals surface area contributed by atoms with Crippen LogP contribution in [-0.2, 0) is 4.74 Å². The Kier molecular flexibility index (Phi) is 5.87. The molecule has 1 aromatic carbocycles. The number of aromatic nitrogens is 4. The van der Waals surface area contributed by atoms with Crippen LogP contribution >= 0.6 is 11.8 Å². The quantitative estimate of drug-likeness (QED) is 0.573. The van der Waals surface area contributed by atoms with Crippen molar-refractivity contribution in [2.24, 2.45) is 0 Å². The summed E-state index contributed by atoms with van der Waals surface area (Å²) in [6.45, 7) is 4.35. The van der Waals surface area contributed by atoms with Crippen LogP contribution in [-0.4, -0.2) is 45.8 Å². The van der Waals surface area contributed by atoms with Crippen LogP contribution in [0, 0.1) is 6.92 Å². The van der Waals surface area contributed by atoms with Crippen molar-refractivity contribution < 1.29 is 9.47 Å². The van der Waals surface area contributed by atoms with Gasteiger partial charge in [0.2, 0.25) is 5.16 Å². The molecule has 0 atom stereocenters. The van der Waals surface area contributed by atoms with Crippen molar-refractivity contribution in [3.63, 3.8) is 0 Å². The summed E-state index contributed by atoms with van der Waals surface area (Å²) >= 11 is 1.69. The van der Waals surface area contributed by atoms with Gasteiger partial charge in [-0.3, -0.25) is 0 Å². The van der Waals surface area contributed by atoms with E-state index < -0.39 is 0 Å². The molecule has 6 nitrogen and oxygen atoms in total. The van der Waals surface area contributed by atoms with E-state index in [1.807, 2.05) is 22.9 Å². The fraction of sp³-hybridized carbons (Fsp3) is 0.562. The van der Waals surface area contributed by atoms with Gasteiger partial charge in [-0.15, -0.1) is 5.10 Å². The fourth-order valence-electron chi connectivity index (χ4n) is 2.56. The normalized spacial score (nSPS) is 15.7. The summed E-state index contributed by atoms with van der Waals surface area (Å²) in [5, 5.41) is 13.0. The highest BCUT2D eigenvalue weighted by atomic mass is 32.2. The third-order valence-corrected chi connectivity index (χ3v) is 4.89. The van der Waals surface area contributed by atoms with E-state index in [-0.39, 0.29) is 0 Å². The zero-order valence-electron chi connectivity index (χ0n) is 13.4. The zero-order valence-corrected chi connectivity index (χ0v) is 14.2. The van der Waals surface area contributed by atoms with Crippen LogP contribution in [0.15, 0.2) is 29.4 Å². The molecular weight excluding hydrogens is 312 g/mol. The maximum atomic E-state index is 5.81. The number of thioether (sulfide) groups is 1. The smallest absolute Gasteiger partial charge is 0.209 e. The molecule has 1 fully saturated rings. The number of ether oxygens (including phenoxy) is 2. The van der Waals surface area contributed by atoms with Crippen molar-refractivity contribution in [1.82, 2.24) is 20.2 Å². The van der Waals surface area contributed by atoms with Gasteiger partial charge >= 0.3 is 0 Å². The Morgan fingerprint density at radius 2 is 2.13 bits per heavy atom. The van der Waals surface area contributed by atoms with E-state index in [1.54, 1.807) is 11.8 Å². The highest BCUT2D eigenvalue weighted by molar-refractivity contribution is 7.99.